The number of aryl methyl sites for hydroxylation is 2. The van der Waals surface area contributed by atoms with Crippen molar-refractivity contribution in [3.63, 3.8) is 0 Å². The lowest BCUT2D eigenvalue weighted by atomic mass is 10.1. The summed E-state index contributed by atoms with van der Waals surface area (Å²) in [5, 5.41) is 9.13. The van der Waals surface area contributed by atoms with E-state index in [1.807, 2.05) is 13.0 Å². The fourth-order valence-corrected chi connectivity index (χ4v) is 2.84. The molecule has 0 aromatic carbocycles. The highest BCUT2D eigenvalue weighted by Crippen LogP contribution is 2.24. The van der Waals surface area contributed by atoms with E-state index < -0.39 is 0 Å². The Bertz CT molecular complexity index is 380. The maximum absolute atomic E-state index is 11.9. The molecule has 0 aliphatic carbocycles. The molecule has 15 heavy (non-hydrogen) atoms. The summed E-state index contributed by atoms with van der Waals surface area (Å²) in [6.07, 6.45) is 0.652. The van der Waals surface area contributed by atoms with Crippen molar-refractivity contribution in [3.05, 3.63) is 21.4 Å². The number of carbonyl (C=O) groups is 1. The van der Waals surface area contributed by atoms with Crippen molar-refractivity contribution in [2.24, 2.45) is 0 Å². The molecule has 0 atom stereocenters. The van der Waals surface area contributed by atoms with Gasteiger partial charge in [-0.25, -0.2) is 0 Å². The van der Waals surface area contributed by atoms with Gasteiger partial charge in [-0.15, -0.1) is 11.3 Å². The second kappa shape index (κ2) is 3.94. The molecule has 1 aromatic rings. The number of rotatable bonds is 2. The molecule has 1 aliphatic heterocycles. The van der Waals surface area contributed by atoms with Crippen LogP contribution in [0.25, 0.3) is 0 Å². The van der Waals surface area contributed by atoms with Gasteiger partial charge in [-0.3, -0.25) is 4.79 Å². The van der Waals surface area contributed by atoms with E-state index >= 15 is 0 Å². The number of nitrogens with zero attached hydrogens (tertiary/aromatic N) is 1. The molecular weight excluding hydrogens is 210 g/mol. The zero-order chi connectivity index (χ0) is 11.0. The highest BCUT2D eigenvalue weighted by Gasteiger charge is 2.30. The summed E-state index contributed by atoms with van der Waals surface area (Å²) in [6, 6.07) is 1.98. The van der Waals surface area contributed by atoms with E-state index in [0.29, 0.717) is 13.1 Å². The van der Waals surface area contributed by atoms with Gasteiger partial charge in [-0.2, -0.15) is 0 Å². The summed E-state index contributed by atoms with van der Waals surface area (Å²) >= 11 is 1.55. The molecule has 1 aliphatic rings. The van der Waals surface area contributed by atoms with Crippen molar-refractivity contribution in [1.29, 1.82) is 0 Å². The number of aliphatic hydroxyl groups excluding tert-OH is 1. The monoisotopic (exact) mass is 225 g/mol. The van der Waals surface area contributed by atoms with Crippen molar-refractivity contribution in [3.8, 4) is 0 Å². The third-order valence-corrected chi connectivity index (χ3v) is 3.84. The molecule has 4 heteroatoms. The first kappa shape index (κ1) is 10.6. The molecule has 2 heterocycles. The number of β-amino-alcohol motifs (C(OH)–C–C–N with tert-alkyl or cyclic N) is 1. The Morgan fingerprint density at radius 1 is 1.67 bits per heavy atom. The van der Waals surface area contributed by atoms with E-state index in [2.05, 4.69) is 6.92 Å². The van der Waals surface area contributed by atoms with Gasteiger partial charge in [0.2, 0.25) is 0 Å². The van der Waals surface area contributed by atoms with Crippen LogP contribution in [-0.2, 0) is 6.42 Å². The molecule has 1 saturated heterocycles. The van der Waals surface area contributed by atoms with Crippen LogP contribution in [0.15, 0.2) is 6.07 Å². The van der Waals surface area contributed by atoms with E-state index in [0.717, 1.165) is 11.3 Å². The minimum absolute atomic E-state index is 0.0631. The van der Waals surface area contributed by atoms with Gasteiger partial charge in [0.25, 0.3) is 5.91 Å². The lowest BCUT2D eigenvalue weighted by molar-refractivity contribution is 0.00622. The smallest absolute Gasteiger partial charge is 0.264 e. The van der Waals surface area contributed by atoms with Gasteiger partial charge in [0.05, 0.1) is 11.0 Å². The quantitative estimate of drug-likeness (QED) is 0.827. The van der Waals surface area contributed by atoms with Crippen molar-refractivity contribution in [2.75, 3.05) is 13.1 Å². The maximum atomic E-state index is 11.9. The molecule has 1 N–H and O–H groups in total. The summed E-state index contributed by atoms with van der Waals surface area (Å²) in [4.78, 5) is 15.6. The minimum Gasteiger partial charge on any atom is -0.389 e. The average molecular weight is 225 g/mol. The lowest BCUT2D eigenvalue weighted by Gasteiger charge is -2.35. The molecule has 0 saturated carbocycles. The van der Waals surface area contributed by atoms with Gasteiger partial charge in [0.15, 0.2) is 0 Å². The van der Waals surface area contributed by atoms with Crippen LogP contribution in [0, 0.1) is 6.92 Å². The zero-order valence-electron chi connectivity index (χ0n) is 8.99. The third-order valence-electron chi connectivity index (χ3n) is 2.76. The molecule has 1 fully saturated rings. The van der Waals surface area contributed by atoms with Gasteiger partial charge in [-0.1, -0.05) is 6.92 Å². The lowest BCUT2D eigenvalue weighted by Crippen LogP contribution is -2.53. The molecule has 1 aromatic heterocycles. The molecular formula is C11H15NO2S. The molecule has 2 rings (SSSR count). The number of hydrogen-bond acceptors (Lipinski definition) is 3. The minimum atomic E-state index is -0.319. The number of hydrogen-bond donors (Lipinski definition) is 1. The van der Waals surface area contributed by atoms with Crippen molar-refractivity contribution >= 4 is 17.2 Å². The first-order chi connectivity index (χ1) is 7.11. The Morgan fingerprint density at radius 2 is 2.33 bits per heavy atom. The Labute approximate surface area is 93.3 Å². The van der Waals surface area contributed by atoms with Crippen LogP contribution < -0.4 is 0 Å². The highest BCUT2D eigenvalue weighted by atomic mass is 32.1. The first-order valence-electron chi connectivity index (χ1n) is 5.18. The summed E-state index contributed by atoms with van der Waals surface area (Å²) in [7, 11) is 0. The van der Waals surface area contributed by atoms with Crippen molar-refractivity contribution in [2.45, 2.75) is 26.4 Å². The maximum Gasteiger partial charge on any atom is 0.264 e. The first-order valence-corrected chi connectivity index (χ1v) is 6.00. The predicted octanol–water partition coefficient (Wildman–Crippen LogP) is 1.44. The number of thiophene rings is 1. The summed E-state index contributed by atoms with van der Waals surface area (Å²) in [5.41, 5.74) is 1.25. The van der Waals surface area contributed by atoms with Gasteiger partial charge in [0, 0.05) is 18.0 Å². The fourth-order valence-electron chi connectivity index (χ4n) is 1.75. The Morgan fingerprint density at radius 3 is 2.80 bits per heavy atom. The molecule has 0 bridgehead atoms. The van der Waals surface area contributed by atoms with Crippen LogP contribution in [0.4, 0.5) is 0 Å². The number of likely N-dealkylation sites (tertiary alicyclic amines) is 1. The van der Waals surface area contributed by atoms with Crippen LogP contribution in [-0.4, -0.2) is 35.1 Å². The van der Waals surface area contributed by atoms with Crippen LogP contribution in [0.3, 0.4) is 0 Å². The van der Waals surface area contributed by atoms with E-state index in [9.17, 15) is 4.79 Å². The van der Waals surface area contributed by atoms with Gasteiger partial charge >= 0.3 is 0 Å². The van der Waals surface area contributed by atoms with E-state index in [-0.39, 0.29) is 12.0 Å². The fraction of sp³-hybridized carbons (Fsp3) is 0.545. The van der Waals surface area contributed by atoms with E-state index in [4.69, 9.17) is 5.11 Å². The second-order valence-electron chi connectivity index (χ2n) is 3.91. The van der Waals surface area contributed by atoms with Crippen LogP contribution >= 0.6 is 11.3 Å². The standard InChI is InChI=1S/C11H15NO2S/c1-3-8-4-10(15-7(8)2)11(14)12-5-9(13)6-12/h4,9,13H,3,5-6H2,1-2H3. The van der Waals surface area contributed by atoms with E-state index in [1.165, 1.54) is 10.4 Å². The third kappa shape index (κ3) is 1.92. The average Bonchev–Trinajstić information content (AvgIpc) is 2.54. The van der Waals surface area contributed by atoms with Crippen molar-refractivity contribution < 1.29 is 9.90 Å². The van der Waals surface area contributed by atoms with Gasteiger partial charge < -0.3 is 10.0 Å². The summed E-state index contributed by atoms with van der Waals surface area (Å²) in [6.45, 7) is 5.11. The van der Waals surface area contributed by atoms with Crippen molar-refractivity contribution in [1.82, 2.24) is 4.90 Å². The van der Waals surface area contributed by atoms with Crippen LogP contribution in [0.5, 0.6) is 0 Å². The summed E-state index contributed by atoms with van der Waals surface area (Å²) < 4.78 is 0. The molecule has 82 valence electrons. The zero-order valence-corrected chi connectivity index (χ0v) is 9.80. The Balaban J connectivity index is 2.12. The van der Waals surface area contributed by atoms with Gasteiger partial charge in [0.1, 0.15) is 0 Å². The normalized spacial score (nSPS) is 16.6. The van der Waals surface area contributed by atoms with Crippen LogP contribution in [0.2, 0.25) is 0 Å². The van der Waals surface area contributed by atoms with Gasteiger partial charge in [-0.05, 0) is 25.0 Å². The number of carbonyl (C=O) groups excluding carboxylic acids is 1. The van der Waals surface area contributed by atoms with Crippen LogP contribution in [0.1, 0.15) is 27.0 Å². The number of aliphatic hydroxyl groups is 1. The largest absolute Gasteiger partial charge is 0.389 e. The van der Waals surface area contributed by atoms with E-state index in [1.54, 1.807) is 16.2 Å². The molecule has 3 nitrogen and oxygen atoms in total. The second-order valence-corrected chi connectivity index (χ2v) is 5.17. The molecule has 0 unspecified atom stereocenters. The summed E-state index contributed by atoms with van der Waals surface area (Å²) in [5.74, 6) is 0.0631. The molecule has 0 spiro atoms. The predicted molar refractivity (Wildman–Crippen MR) is 60.3 cm³/mol. The number of amides is 1. The Hall–Kier alpha value is -0.870. The molecule has 1 amide bonds. The SMILES string of the molecule is CCc1cc(C(=O)N2CC(O)C2)sc1C. The topological polar surface area (TPSA) is 40.5 Å². The molecule has 0 radical (unpaired) electrons. The Kier molecular flexibility index (Phi) is 2.80. The highest BCUT2D eigenvalue weighted by molar-refractivity contribution is 7.14.